The van der Waals surface area contributed by atoms with E-state index in [0.29, 0.717) is 122 Å². The van der Waals surface area contributed by atoms with Crippen molar-refractivity contribution in [2.24, 2.45) is 57.2 Å². The zero-order valence-corrected chi connectivity index (χ0v) is 76.1. The van der Waals surface area contributed by atoms with Crippen LogP contribution in [0, 0.1) is 57.2 Å². The van der Waals surface area contributed by atoms with Crippen LogP contribution < -0.4 is 0 Å². The van der Waals surface area contributed by atoms with Crippen molar-refractivity contribution in [3.63, 3.8) is 0 Å². The Labute approximate surface area is 702 Å². The molecule has 6 saturated heterocycles. The fraction of sp³-hybridized carbons (Fsp3) is 0.831. The van der Waals surface area contributed by atoms with Crippen molar-refractivity contribution >= 4 is 89.5 Å². The first-order chi connectivity index (χ1) is 54.4. The number of ether oxygens (including phenoxy) is 15. The van der Waals surface area contributed by atoms with E-state index in [0.717, 1.165) is 6.42 Å². The molecule has 0 aromatic carbocycles. The molecule has 16 unspecified atom stereocenters. The lowest BCUT2D eigenvalue weighted by molar-refractivity contribution is -0.225. The van der Waals surface area contributed by atoms with E-state index in [1.165, 1.54) is 55.4 Å². The molecule has 0 radical (unpaired) electrons. The van der Waals surface area contributed by atoms with E-state index >= 15 is 0 Å². The average molecular weight is 1690 g/mol. The van der Waals surface area contributed by atoms with Gasteiger partial charge in [-0.05, 0) is 249 Å². The predicted molar refractivity (Wildman–Crippen MR) is 425 cm³/mol. The maximum absolute atomic E-state index is 12.7. The molecule has 674 valence electrons. The average Bonchev–Trinajstić information content (AvgIpc) is 1.60. The molecule has 6 aliphatic heterocycles. The monoisotopic (exact) mass is 1690 g/mol. The molecular weight excluding hydrogens is 1550 g/mol. The normalized spacial score (nSPS) is 30.6. The Hall–Kier alpha value is -7.95. The summed E-state index contributed by atoms with van der Waals surface area (Å²) >= 11 is 0. The van der Waals surface area contributed by atoms with Gasteiger partial charge in [0.2, 0.25) is 22.4 Å². The Morgan fingerprint density at radius 1 is 0.387 bits per heavy atom. The molecule has 5 saturated carbocycles. The van der Waals surface area contributed by atoms with E-state index in [1.54, 1.807) is 104 Å². The first kappa shape index (κ1) is 99.9. The summed E-state index contributed by atoms with van der Waals surface area (Å²) in [4.78, 5) is 182. The second kappa shape index (κ2) is 37.0. The Bertz CT molecular complexity index is 3750. The van der Waals surface area contributed by atoms with Gasteiger partial charge < -0.3 is 71.1 Å². The topological polar surface area (TPSA) is 394 Å². The first-order valence-electron chi connectivity index (χ1n) is 42.7. The van der Waals surface area contributed by atoms with E-state index in [4.69, 9.17) is 71.1 Å². The molecule has 30 heteroatoms. The minimum Gasteiger partial charge on any atom is -0.465 e. The fourth-order valence-electron chi connectivity index (χ4n) is 14.9. The molecule has 5 aliphatic carbocycles. The summed E-state index contributed by atoms with van der Waals surface area (Å²) in [6.45, 7) is 48.4. The summed E-state index contributed by atoms with van der Waals surface area (Å²) in [7, 11) is 0. The van der Waals surface area contributed by atoms with Crippen molar-refractivity contribution in [2.75, 3.05) is 6.61 Å². The molecule has 6 heterocycles. The van der Waals surface area contributed by atoms with Crippen molar-refractivity contribution in [3.05, 3.63) is 0 Å². The lowest BCUT2D eigenvalue weighted by Gasteiger charge is -2.48. The van der Waals surface area contributed by atoms with Crippen LogP contribution in [-0.2, 0) is 143 Å². The highest BCUT2D eigenvalue weighted by molar-refractivity contribution is 5.88. The van der Waals surface area contributed by atoms with Crippen LogP contribution in [-0.4, -0.2) is 177 Å². The number of rotatable bonds is 26. The van der Waals surface area contributed by atoms with E-state index in [-0.39, 0.29) is 96.6 Å². The third-order valence-corrected chi connectivity index (χ3v) is 26.8. The summed E-state index contributed by atoms with van der Waals surface area (Å²) in [5, 5.41) is 0. The van der Waals surface area contributed by atoms with Gasteiger partial charge >= 0.3 is 89.5 Å². The zero-order chi connectivity index (χ0) is 90.6. The molecule has 11 fully saturated rings. The molecule has 0 N–H and O–H groups in total. The van der Waals surface area contributed by atoms with E-state index < -0.39 is 144 Å². The summed E-state index contributed by atoms with van der Waals surface area (Å²) < 4.78 is 81.9. The maximum atomic E-state index is 12.7. The van der Waals surface area contributed by atoms with Gasteiger partial charge in [-0.2, -0.15) is 0 Å². The fourth-order valence-corrected chi connectivity index (χ4v) is 14.9. The van der Waals surface area contributed by atoms with Crippen LogP contribution in [0.25, 0.3) is 0 Å². The van der Waals surface area contributed by atoms with Gasteiger partial charge in [-0.15, -0.1) is 0 Å². The Morgan fingerprint density at radius 2 is 0.756 bits per heavy atom. The van der Waals surface area contributed by atoms with Crippen LogP contribution in [0.15, 0.2) is 0 Å². The highest BCUT2D eigenvalue weighted by Crippen LogP contribution is 2.53. The number of esters is 15. The second-order valence-electron chi connectivity index (χ2n) is 39.9. The SMILES string of the molecule is CCC(C)(C)C(=O)OC(C)(C)C(=O)OC1(C)CCC2CC1(C)OC2=O.CCC(C)(C)C(=O)OC(C)(C)C(=O)OC1CC2CCC1(C)OC2=O.CCC(C)(C)C(=O)OC(C)(C)C(=O)OC1CCC2CC1(C)OC2=O.CCC(C)(C)C(=O)OCCC(=O)OC1CCC2CC1OC2=O.CCC(C)C(=O)OC(C)(C)C(=O)OC1(C)CCC2CC1(C)OC2=O. The smallest absolute Gasteiger partial charge is 0.350 e. The van der Waals surface area contributed by atoms with Crippen LogP contribution in [0.2, 0.25) is 0 Å². The van der Waals surface area contributed by atoms with Crippen LogP contribution in [0.5, 0.6) is 0 Å². The maximum Gasteiger partial charge on any atom is 0.350 e. The lowest BCUT2D eigenvalue weighted by Crippen LogP contribution is -2.58. The standard InChI is InChI=1S/C19H30O6.3C18H28O6.C16H24O6/c1-8-16(2,3)14(21)24-17(4,5)15(22)25-18(6)10-9-12-11-19(18,7)23-13(12)20;1-7-16(2,3)14(20)24-17(4,5)15(21)22-12-10-11-8-9-18(12,6)23-13(11)19;1-7-16(2,3)14(20)24-17(4,5)15(21)22-12-9-8-11-10-18(12,6)23-13(11)19;1-7-11(2)13(19)22-16(3,4)15(21)24-17(5)9-8-12-10-18(17,6)23-14(12)20;1-4-16(2,3)15(19)20-8-7-13(17)21-11-6-5-10-9-12(11)22-14(10)18/h12H,8-11H2,1-7H3;3*11-12H,7-10H2,1-6H3;10-12H,4-9H2,1-3H3. The minimum atomic E-state index is -1.41. The predicted octanol–water partition coefficient (Wildman–Crippen LogP) is 13.5. The molecule has 0 aromatic rings. The molecule has 11 rings (SSSR count). The van der Waals surface area contributed by atoms with Crippen molar-refractivity contribution in [1.82, 2.24) is 0 Å². The van der Waals surface area contributed by atoms with Gasteiger partial charge in [-0.25, -0.2) is 19.2 Å². The van der Waals surface area contributed by atoms with Crippen molar-refractivity contribution in [2.45, 2.75) is 409 Å². The van der Waals surface area contributed by atoms with Gasteiger partial charge in [-0.1, -0.05) is 41.5 Å². The van der Waals surface area contributed by atoms with E-state index in [9.17, 15) is 71.9 Å². The number of hydrogen-bond donors (Lipinski definition) is 0. The molecule has 11 aliphatic rings. The number of hydrogen-bond acceptors (Lipinski definition) is 30. The highest BCUT2D eigenvalue weighted by Gasteiger charge is 2.64. The zero-order valence-electron chi connectivity index (χ0n) is 76.1. The van der Waals surface area contributed by atoms with Gasteiger partial charge in [0.05, 0.1) is 63.6 Å². The molecule has 0 amide bonds. The largest absolute Gasteiger partial charge is 0.465 e. The van der Waals surface area contributed by atoms with Crippen molar-refractivity contribution in [3.8, 4) is 0 Å². The second-order valence-corrected chi connectivity index (χ2v) is 39.9. The molecule has 0 spiro atoms. The molecule has 119 heavy (non-hydrogen) atoms. The van der Waals surface area contributed by atoms with Gasteiger partial charge in [-0.3, -0.25) is 52.7 Å². The summed E-state index contributed by atoms with van der Waals surface area (Å²) in [6, 6.07) is 0. The van der Waals surface area contributed by atoms with Crippen molar-refractivity contribution in [1.29, 1.82) is 0 Å². The number of carbonyl (C=O) groups excluding carboxylic acids is 15. The summed E-state index contributed by atoms with van der Waals surface area (Å²) in [6.07, 6.45) is 10.5. The molecule has 0 aromatic heterocycles. The van der Waals surface area contributed by atoms with Gasteiger partial charge in [0, 0.05) is 32.1 Å². The Balaban J connectivity index is 0.000000231. The Kier molecular flexibility index (Phi) is 31.1. The lowest BCUT2D eigenvalue weighted by atomic mass is 9.71. The van der Waals surface area contributed by atoms with Gasteiger partial charge in [0.15, 0.2) is 0 Å². The van der Waals surface area contributed by atoms with Gasteiger partial charge in [0.25, 0.3) is 0 Å². The first-order valence-corrected chi connectivity index (χ1v) is 42.7. The van der Waals surface area contributed by atoms with Crippen LogP contribution in [0.4, 0.5) is 0 Å². The molecule has 30 nitrogen and oxygen atoms in total. The molecule has 16 atom stereocenters. The van der Waals surface area contributed by atoms with E-state index in [1.807, 2.05) is 34.6 Å². The third-order valence-electron chi connectivity index (χ3n) is 26.8. The Morgan fingerprint density at radius 3 is 1.18 bits per heavy atom. The third kappa shape index (κ3) is 23.3. The summed E-state index contributed by atoms with van der Waals surface area (Å²) in [5.41, 5.74) is -13.2. The van der Waals surface area contributed by atoms with Crippen LogP contribution in [0.1, 0.15) is 329 Å². The number of carbonyl (C=O) groups is 15. The summed E-state index contributed by atoms with van der Waals surface area (Å²) in [5.74, 6) is -6.86. The highest BCUT2D eigenvalue weighted by atomic mass is 16.7. The van der Waals surface area contributed by atoms with Crippen LogP contribution in [0.3, 0.4) is 0 Å². The molecular formula is C89H138O30. The van der Waals surface area contributed by atoms with E-state index in [2.05, 4.69) is 0 Å². The molecule has 10 bridgehead atoms. The quantitative estimate of drug-likeness (QED) is 0.0573. The minimum absolute atomic E-state index is 0.0148. The van der Waals surface area contributed by atoms with Crippen LogP contribution >= 0.6 is 0 Å². The van der Waals surface area contributed by atoms with Gasteiger partial charge in [0.1, 0.15) is 64.6 Å². The number of fused-ring (bicyclic) bond motifs is 11. The van der Waals surface area contributed by atoms with Crippen molar-refractivity contribution < 1.29 is 143 Å².